The number of ether oxygens (including phenoxy) is 3. The van der Waals surface area contributed by atoms with E-state index in [1.165, 1.54) is 12.8 Å². The predicted molar refractivity (Wildman–Crippen MR) is 251 cm³/mol. The molecule has 0 aliphatic heterocycles. The molecule has 330 valence electrons. The number of allylic oxidation sites excluding steroid dienone is 20. The zero-order valence-electron chi connectivity index (χ0n) is 37.5. The number of hydrogen-bond donors (Lipinski definition) is 0. The van der Waals surface area contributed by atoms with Gasteiger partial charge < -0.3 is 14.2 Å². The Morgan fingerprint density at radius 2 is 0.695 bits per heavy atom. The minimum absolute atomic E-state index is 0.127. The van der Waals surface area contributed by atoms with E-state index >= 15 is 0 Å². The average Bonchev–Trinajstić information content (AvgIpc) is 3.23. The van der Waals surface area contributed by atoms with Gasteiger partial charge in [0, 0.05) is 19.3 Å². The lowest BCUT2D eigenvalue weighted by Crippen LogP contribution is -2.30. The second-order valence-electron chi connectivity index (χ2n) is 14.5. The second-order valence-corrected chi connectivity index (χ2v) is 14.5. The van der Waals surface area contributed by atoms with Gasteiger partial charge in [-0.2, -0.15) is 0 Å². The third-order valence-corrected chi connectivity index (χ3v) is 8.94. The molecular weight excluding hydrogens is 733 g/mol. The van der Waals surface area contributed by atoms with E-state index in [4.69, 9.17) is 14.2 Å². The number of esters is 3. The zero-order chi connectivity index (χ0) is 43.0. The molecule has 0 saturated heterocycles. The van der Waals surface area contributed by atoms with E-state index in [9.17, 15) is 14.4 Å². The van der Waals surface area contributed by atoms with Crippen LogP contribution in [0.2, 0.25) is 0 Å². The van der Waals surface area contributed by atoms with Gasteiger partial charge in [-0.3, -0.25) is 14.4 Å². The Bertz CT molecular complexity index is 1300. The van der Waals surface area contributed by atoms with Crippen molar-refractivity contribution in [3.05, 3.63) is 122 Å². The third-order valence-electron chi connectivity index (χ3n) is 8.94. The molecule has 0 aromatic carbocycles. The molecule has 0 bridgehead atoms. The van der Waals surface area contributed by atoms with Crippen LogP contribution < -0.4 is 0 Å². The van der Waals surface area contributed by atoms with Crippen molar-refractivity contribution >= 4 is 17.9 Å². The standard InChI is InChI=1S/C53H82O6/c1-4-7-10-13-16-19-22-24-25-26-27-28-29-30-32-34-37-40-43-46-52(55)58-49-50(48-57-51(54)45-42-39-36-33-21-18-15-12-9-6-3)59-53(56)47-44-41-38-35-31-23-20-17-14-11-8-5-2/h7-8,10-11,15-20,24-25,27-28,30-32,35,37,40,50H,4-6,9,12-14,21-23,26,29,33-34,36,38-39,41-49H2,1-3H3/b10-7-,11-8-,18-15-,19-16-,20-17-,25-24-,28-27-,32-30-,35-31-,40-37-. The van der Waals surface area contributed by atoms with Crippen LogP contribution >= 0.6 is 0 Å². The Morgan fingerprint density at radius 3 is 1.17 bits per heavy atom. The van der Waals surface area contributed by atoms with Gasteiger partial charge in [-0.15, -0.1) is 0 Å². The van der Waals surface area contributed by atoms with Crippen molar-refractivity contribution in [2.24, 2.45) is 0 Å². The van der Waals surface area contributed by atoms with Crippen LogP contribution in [-0.4, -0.2) is 37.2 Å². The molecule has 0 amide bonds. The molecule has 0 fully saturated rings. The normalized spacial score (nSPS) is 13.2. The van der Waals surface area contributed by atoms with Crippen molar-refractivity contribution < 1.29 is 28.6 Å². The minimum Gasteiger partial charge on any atom is -0.462 e. The summed E-state index contributed by atoms with van der Waals surface area (Å²) in [6, 6.07) is 0. The first-order chi connectivity index (χ1) is 29.0. The number of hydrogen-bond acceptors (Lipinski definition) is 6. The van der Waals surface area contributed by atoms with Gasteiger partial charge in [0.2, 0.25) is 0 Å². The van der Waals surface area contributed by atoms with Crippen LogP contribution in [0.3, 0.4) is 0 Å². The van der Waals surface area contributed by atoms with E-state index in [0.29, 0.717) is 19.3 Å². The first-order valence-corrected chi connectivity index (χ1v) is 23.0. The fourth-order valence-corrected chi connectivity index (χ4v) is 5.52. The molecule has 0 aromatic heterocycles. The molecule has 0 heterocycles. The first kappa shape index (κ1) is 54.8. The highest BCUT2D eigenvalue weighted by molar-refractivity contribution is 5.71. The molecule has 0 aliphatic rings. The van der Waals surface area contributed by atoms with Crippen molar-refractivity contribution in [1.82, 2.24) is 0 Å². The van der Waals surface area contributed by atoms with E-state index in [-0.39, 0.29) is 44.0 Å². The number of rotatable bonds is 39. The quantitative estimate of drug-likeness (QED) is 0.0266. The molecule has 0 saturated carbocycles. The Labute approximate surface area is 361 Å². The van der Waals surface area contributed by atoms with Gasteiger partial charge in [0.1, 0.15) is 13.2 Å². The fourth-order valence-electron chi connectivity index (χ4n) is 5.52. The summed E-state index contributed by atoms with van der Waals surface area (Å²) in [4.78, 5) is 37.7. The maximum atomic E-state index is 12.7. The molecule has 1 unspecified atom stereocenters. The summed E-state index contributed by atoms with van der Waals surface area (Å²) < 4.78 is 16.6. The first-order valence-electron chi connectivity index (χ1n) is 23.0. The molecule has 0 rings (SSSR count). The molecule has 0 N–H and O–H groups in total. The van der Waals surface area contributed by atoms with Gasteiger partial charge in [-0.1, -0.05) is 168 Å². The van der Waals surface area contributed by atoms with E-state index in [0.717, 1.165) is 109 Å². The molecular formula is C53H82O6. The highest BCUT2D eigenvalue weighted by atomic mass is 16.6. The summed E-state index contributed by atoms with van der Waals surface area (Å²) in [5.41, 5.74) is 0. The molecule has 1 atom stereocenters. The number of unbranched alkanes of at least 4 members (excludes halogenated alkanes) is 8. The predicted octanol–water partition coefficient (Wildman–Crippen LogP) is 15.0. The molecule has 0 aliphatic carbocycles. The van der Waals surface area contributed by atoms with E-state index < -0.39 is 6.10 Å². The maximum absolute atomic E-state index is 12.7. The van der Waals surface area contributed by atoms with Gasteiger partial charge in [0.05, 0.1) is 0 Å². The van der Waals surface area contributed by atoms with Crippen LogP contribution in [0.15, 0.2) is 122 Å². The van der Waals surface area contributed by atoms with E-state index in [1.807, 2.05) is 12.2 Å². The fraction of sp³-hybridized carbons (Fsp3) is 0.566. The van der Waals surface area contributed by atoms with Crippen LogP contribution in [0.5, 0.6) is 0 Å². The van der Waals surface area contributed by atoms with Crippen LogP contribution in [0, 0.1) is 0 Å². The molecule has 0 radical (unpaired) electrons. The number of carbonyl (C=O) groups is 3. The summed E-state index contributed by atoms with van der Waals surface area (Å²) >= 11 is 0. The van der Waals surface area contributed by atoms with Gasteiger partial charge in [-0.25, -0.2) is 0 Å². The molecule has 0 spiro atoms. The lowest BCUT2D eigenvalue weighted by molar-refractivity contribution is -0.166. The lowest BCUT2D eigenvalue weighted by atomic mass is 10.1. The van der Waals surface area contributed by atoms with Crippen molar-refractivity contribution in [2.75, 3.05) is 13.2 Å². The van der Waals surface area contributed by atoms with Gasteiger partial charge in [0.25, 0.3) is 0 Å². The summed E-state index contributed by atoms with van der Waals surface area (Å²) in [6.45, 7) is 6.21. The largest absolute Gasteiger partial charge is 0.462 e. The Hall–Kier alpha value is -4.19. The van der Waals surface area contributed by atoms with Crippen molar-refractivity contribution in [2.45, 2.75) is 181 Å². The monoisotopic (exact) mass is 815 g/mol. The Kier molecular flexibility index (Phi) is 43.2. The molecule has 0 aromatic rings. The second kappa shape index (κ2) is 46.5. The van der Waals surface area contributed by atoms with Crippen LogP contribution in [-0.2, 0) is 28.6 Å². The van der Waals surface area contributed by atoms with Gasteiger partial charge in [0.15, 0.2) is 6.10 Å². The van der Waals surface area contributed by atoms with Crippen molar-refractivity contribution in [3.8, 4) is 0 Å². The highest BCUT2D eigenvalue weighted by Crippen LogP contribution is 2.10. The summed E-state index contributed by atoms with van der Waals surface area (Å²) in [7, 11) is 0. The van der Waals surface area contributed by atoms with Crippen LogP contribution in [0.25, 0.3) is 0 Å². The van der Waals surface area contributed by atoms with Crippen LogP contribution in [0.1, 0.15) is 175 Å². The van der Waals surface area contributed by atoms with Crippen molar-refractivity contribution in [1.29, 1.82) is 0 Å². The molecule has 6 nitrogen and oxygen atoms in total. The van der Waals surface area contributed by atoms with E-state index in [1.54, 1.807) is 0 Å². The third kappa shape index (κ3) is 44.8. The average molecular weight is 815 g/mol. The van der Waals surface area contributed by atoms with E-state index in [2.05, 4.69) is 130 Å². The number of carbonyl (C=O) groups excluding carboxylic acids is 3. The Balaban J connectivity index is 4.56. The highest BCUT2D eigenvalue weighted by Gasteiger charge is 2.19. The lowest BCUT2D eigenvalue weighted by Gasteiger charge is -2.18. The SMILES string of the molecule is CC/C=C\C/C=C\C/C=C\C/C=C\C/C=C\C/C=C\CCC(=O)OCC(COC(=O)CCCCCC/C=C\CCCC)OC(=O)CCCC/C=C\C/C=C\C/C=C\CC. The Morgan fingerprint density at radius 1 is 0.356 bits per heavy atom. The summed E-state index contributed by atoms with van der Waals surface area (Å²) in [6.07, 6.45) is 63.4. The van der Waals surface area contributed by atoms with Gasteiger partial charge >= 0.3 is 17.9 Å². The molecule has 59 heavy (non-hydrogen) atoms. The zero-order valence-corrected chi connectivity index (χ0v) is 37.5. The van der Waals surface area contributed by atoms with Gasteiger partial charge in [-0.05, 0) is 109 Å². The van der Waals surface area contributed by atoms with Crippen molar-refractivity contribution in [3.63, 3.8) is 0 Å². The summed E-state index contributed by atoms with van der Waals surface area (Å²) in [5.74, 6) is -1.08. The topological polar surface area (TPSA) is 78.9 Å². The van der Waals surface area contributed by atoms with Crippen LogP contribution in [0.4, 0.5) is 0 Å². The maximum Gasteiger partial charge on any atom is 0.306 e. The minimum atomic E-state index is -0.834. The molecule has 6 heteroatoms. The summed E-state index contributed by atoms with van der Waals surface area (Å²) in [5, 5.41) is 0. The smallest absolute Gasteiger partial charge is 0.306 e.